The van der Waals surface area contributed by atoms with E-state index in [1.807, 2.05) is 53.4 Å². The fraction of sp³-hybridized carbons (Fsp3) is 0.474. The maximum Gasteiger partial charge on any atom is 0.222 e. The first kappa shape index (κ1) is 35.4. The zero-order chi connectivity index (χ0) is 33.2. The summed E-state index contributed by atoms with van der Waals surface area (Å²) < 4.78 is 26.0. The molecule has 1 atom stereocenters. The molecule has 46 heavy (non-hydrogen) atoms. The van der Waals surface area contributed by atoms with E-state index < -0.39 is 8.32 Å². The highest BCUT2D eigenvalue weighted by Crippen LogP contribution is 2.36. The molecule has 0 aromatic heterocycles. The summed E-state index contributed by atoms with van der Waals surface area (Å²) in [4.78, 5) is 28.0. The molecule has 6 nitrogen and oxygen atoms in total. The third-order valence-corrected chi connectivity index (χ3v) is 13.9. The van der Waals surface area contributed by atoms with Gasteiger partial charge in [0.25, 0.3) is 0 Å². The van der Waals surface area contributed by atoms with E-state index in [-0.39, 0.29) is 34.6 Å². The van der Waals surface area contributed by atoms with Gasteiger partial charge in [0.1, 0.15) is 18.2 Å². The molecule has 1 fully saturated rings. The van der Waals surface area contributed by atoms with Crippen LogP contribution in [0.2, 0.25) is 18.1 Å². The lowest BCUT2D eigenvalue weighted by Crippen LogP contribution is -2.47. The van der Waals surface area contributed by atoms with Gasteiger partial charge >= 0.3 is 0 Å². The van der Waals surface area contributed by atoms with Crippen LogP contribution in [0.1, 0.15) is 63.1 Å². The van der Waals surface area contributed by atoms with Gasteiger partial charge in [-0.3, -0.25) is 9.59 Å². The van der Waals surface area contributed by atoms with Crippen LogP contribution in [0.25, 0.3) is 0 Å². The van der Waals surface area contributed by atoms with Crippen LogP contribution in [0.3, 0.4) is 0 Å². The second kappa shape index (κ2) is 16.4. The van der Waals surface area contributed by atoms with Crippen molar-refractivity contribution in [2.75, 3.05) is 19.7 Å². The number of aryl methyl sites for hydroxylation is 1. The average Bonchev–Trinajstić information content (AvgIpc) is 3.02. The molecule has 0 aliphatic carbocycles. The summed E-state index contributed by atoms with van der Waals surface area (Å²) in [6.45, 7) is 13.4. The van der Waals surface area contributed by atoms with E-state index in [4.69, 9.17) is 9.16 Å². The monoisotopic (exact) mass is 646 g/mol. The van der Waals surface area contributed by atoms with Gasteiger partial charge in [-0.25, -0.2) is 4.39 Å². The minimum absolute atomic E-state index is 0.0301. The van der Waals surface area contributed by atoms with E-state index >= 15 is 0 Å². The number of hydrogen-bond acceptors (Lipinski definition) is 4. The van der Waals surface area contributed by atoms with Crippen LogP contribution in [0.4, 0.5) is 4.39 Å². The Labute approximate surface area is 275 Å². The molecule has 1 aliphatic rings. The lowest BCUT2D eigenvalue weighted by atomic mass is 9.92. The molecule has 0 bridgehead atoms. The Morgan fingerprint density at radius 3 is 2.26 bits per heavy atom. The van der Waals surface area contributed by atoms with Crippen LogP contribution in [0.5, 0.6) is 5.75 Å². The number of carbonyl (C=O) groups excluding carboxylic acids is 2. The van der Waals surface area contributed by atoms with Gasteiger partial charge < -0.3 is 19.4 Å². The fourth-order valence-electron chi connectivity index (χ4n) is 5.46. The van der Waals surface area contributed by atoms with Gasteiger partial charge in [0.05, 0.1) is 12.6 Å². The van der Waals surface area contributed by atoms with E-state index in [1.54, 1.807) is 6.07 Å². The first-order valence-electron chi connectivity index (χ1n) is 16.6. The van der Waals surface area contributed by atoms with Gasteiger partial charge in [0.2, 0.25) is 11.8 Å². The Kier molecular flexibility index (Phi) is 12.6. The standard InChI is InChI=1S/C38H51FN2O4Si/c1-38(2,3)46(4,5)45-28-34(25-30-14-17-35(18-15-30)44-27-32-10-7-6-8-11-32)40-36(42)26-31-20-22-41(23-21-31)37(43)19-16-29-12-9-13-33(39)24-29/h6-15,17-18,24,31,34H,16,19-23,25-28H2,1-5H3,(H,40,42)/t34-/m0/s1. The number of likely N-dealkylation sites (tertiary alicyclic amines) is 1. The molecule has 0 unspecified atom stereocenters. The molecule has 0 saturated carbocycles. The maximum atomic E-state index is 13.5. The predicted octanol–water partition coefficient (Wildman–Crippen LogP) is 7.72. The van der Waals surface area contributed by atoms with Gasteiger partial charge in [0.15, 0.2) is 8.32 Å². The van der Waals surface area contributed by atoms with E-state index in [0.29, 0.717) is 52.0 Å². The summed E-state index contributed by atoms with van der Waals surface area (Å²) in [5, 5.41) is 3.36. The molecule has 1 heterocycles. The smallest absolute Gasteiger partial charge is 0.222 e. The van der Waals surface area contributed by atoms with Gasteiger partial charge in [-0.1, -0.05) is 75.4 Å². The van der Waals surface area contributed by atoms with Crippen molar-refractivity contribution < 1.29 is 23.1 Å². The highest BCUT2D eigenvalue weighted by molar-refractivity contribution is 6.74. The summed E-state index contributed by atoms with van der Waals surface area (Å²) in [6, 6.07) is 24.5. The van der Waals surface area contributed by atoms with Gasteiger partial charge in [0, 0.05) is 25.9 Å². The van der Waals surface area contributed by atoms with Crippen molar-refractivity contribution in [3.63, 3.8) is 0 Å². The number of hydrogen-bond donors (Lipinski definition) is 1. The molecule has 4 rings (SSSR count). The van der Waals surface area contributed by atoms with Crippen molar-refractivity contribution in [2.45, 2.75) is 90.1 Å². The molecular weight excluding hydrogens is 596 g/mol. The third-order valence-electron chi connectivity index (χ3n) is 9.43. The van der Waals surface area contributed by atoms with Gasteiger partial charge in [-0.15, -0.1) is 0 Å². The second-order valence-electron chi connectivity index (χ2n) is 14.1. The molecule has 0 radical (unpaired) electrons. The SMILES string of the molecule is CC(C)(C)[Si](C)(C)OC[C@H](Cc1ccc(OCc2ccccc2)cc1)NC(=O)CC1CCN(C(=O)CCc2cccc(F)c2)CC1. The Balaban J connectivity index is 1.28. The van der Waals surface area contributed by atoms with Crippen molar-refractivity contribution in [3.05, 3.63) is 101 Å². The lowest BCUT2D eigenvalue weighted by molar-refractivity contribution is -0.132. The Hall–Kier alpha value is -3.49. The highest BCUT2D eigenvalue weighted by atomic mass is 28.4. The number of ether oxygens (including phenoxy) is 1. The first-order chi connectivity index (χ1) is 21.9. The third kappa shape index (κ3) is 11.1. The van der Waals surface area contributed by atoms with Crippen LogP contribution in [-0.4, -0.2) is 50.8 Å². The highest BCUT2D eigenvalue weighted by Gasteiger charge is 2.37. The lowest BCUT2D eigenvalue weighted by Gasteiger charge is -2.37. The second-order valence-corrected chi connectivity index (χ2v) is 18.9. The molecule has 2 amide bonds. The molecule has 248 valence electrons. The Morgan fingerprint density at radius 2 is 1.61 bits per heavy atom. The zero-order valence-electron chi connectivity index (χ0n) is 28.2. The molecule has 0 spiro atoms. The average molecular weight is 647 g/mol. The number of amides is 2. The Bertz CT molecular complexity index is 1400. The van der Waals surface area contributed by atoms with Crippen LogP contribution >= 0.6 is 0 Å². The number of nitrogens with zero attached hydrogens (tertiary/aromatic N) is 1. The van der Waals surface area contributed by atoms with Crippen molar-refractivity contribution >= 4 is 20.1 Å². The summed E-state index contributed by atoms with van der Waals surface area (Å²) >= 11 is 0. The minimum Gasteiger partial charge on any atom is -0.489 e. The van der Waals surface area contributed by atoms with E-state index in [0.717, 1.165) is 35.3 Å². The van der Waals surface area contributed by atoms with E-state index in [9.17, 15) is 14.0 Å². The first-order valence-corrected chi connectivity index (χ1v) is 19.5. The number of nitrogens with one attached hydrogen (secondary N) is 1. The minimum atomic E-state index is -2.01. The van der Waals surface area contributed by atoms with Crippen LogP contribution < -0.4 is 10.1 Å². The number of benzene rings is 3. The largest absolute Gasteiger partial charge is 0.489 e. The topological polar surface area (TPSA) is 67.9 Å². The molecule has 3 aromatic carbocycles. The van der Waals surface area contributed by atoms with Crippen molar-refractivity contribution in [1.82, 2.24) is 10.2 Å². The summed E-state index contributed by atoms with van der Waals surface area (Å²) in [7, 11) is -2.01. The molecule has 8 heteroatoms. The maximum absolute atomic E-state index is 13.5. The van der Waals surface area contributed by atoms with Crippen LogP contribution in [-0.2, 0) is 33.5 Å². The molecular formula is C38H51FN2O4Si. The Morgan fingerprint density at radius 1 is 0.935 bits per heavy atom. The molecule has 1 N–H and O–H groups in total. The van der Waals surface area contributed by atoms with Gasteiger partial charge in [-0.05, 0) is 90.7 Å². The number of halogens is 1. The number of piperidine rings is 1. The van der Waals surface area contributed by atoms with E-state index in [2.05, 4.69) is 51.3 Å². The van der Waals surface area contributed by atoms with Crippen LogP contribution in [0, 0.1) is 11.7 Å². The predicted molar refractivity (Wildman–Crippen MR) is 185 cm³/mol. The van der Waals surface area contributed by atoms with Gasteiger partial charge in [-0.2, -0.15) is 0 Å². The van der Waals surface area contributed by atoms with Crippen LogP contribution in [0.15, 0.2) is 78.9 Å². The summed E-state index contributed by atoms with van der Waals surface area (Å²) in [5.41, 5.74) is 3.07. The van der Waals surface area contributed by atoms with Crippen molar-refractivity contribution in [3.8, 4) is 5.75 Å². The quantitative estimate of drug-likeness (QED) is 0.182. The fourth-order valence-corrected chi connectivity index (χ4v) is 6.51. The normalized spacial score (nSPS) is 15.0. The van der Waals surface area contributed by atoms with Crippen molar-refractivity contribution in [1.29, 1.82) is 0 Å². The van der Waals surface area contributed by atoms with Crippen molar-refractivity contribution in [2.24, 2.45) is 5.92 Å². The summed E-state index contributed by atoms with van der Waals surface area (Å²) in [5.74, 6) is 0.883. The van der Waals surface area contributed by atoms with E-state index in [1.165, 1.54) is 12.1 Å². The molecule has 3 aromatic rings. The summed E-state index contributed by atoms with van der Waals surface area (Å²) in [6.07, 6.45) is 3.60. The molecule has 1 saturated heterocycles. The molecule has 1 aliphatic heterocycles. The zero-order valence-corrected chi connectivity index (χ0v) is 29.2. The number of carbonyl (C=O) groups is 2. The number of rotatable bonds is 14.